The molecule has 5 rings (SSSR count). The number of carbonyl (C=O) groups excluding carboxylic acids is 1. The first-order chi connectivity index (χ1) is 15.7. The zero-order valence-corrected chi connectivity index (χ0v) is 17.5. The quantitative estimate of drug-likeness (QED) is 0.495. The average Bonchev–Trinajstić information content (AvgIpc) is 3.48. The molecule has 0 radical (unpaired) electrons. The van der Waals surface area contributed by atoms with Crippen LogP contribution >= 0.6 is 0 Å². The van der Waals surface area contributed by atoms with Gasteiger partial charge in [0.25, 0.3) is 5.91 Å². The molecule has 1 fully saturated rings. The van der Waals surface area contributed by atoms with E-state index >= 15 is 0 Å². The van der Waals surface area contributed by atoms with E-state index in [1.54, 1.807) is 30.6 Å². The lowest BCUT2D eigenvalue weighted by Crippen LogP contribution is -2.15. The van der Waals surface area contributed by atoms with Crippen LogP contribution in [0.2, 0.25) is 0 Å². The number of nitrogens with zero attached hydrogens (tertiary/aromatic N) is 3. The number of halogens is 1. The number of methoxy groups -OCH3 is 1. The smallest absolute Gasteiger partial charge is 0.255 e. The Morgan fingerprint density at radius 2 is 2.09 bits per heavy atom. The second-order valence-corrected chi connectivity index (χ2v) is 7.65. The normalized spacial score (nSPS) is 15.8. The van der Waals surface area contributed by atoms with Gasteiger partial charge in [-0.15, -0.1) is 0 Å². The molecule has 2 N–H and O–H groups in total. The average molecular weight is 431 g/mol. The van der Waals surface area contributed by atoms with Gasteiger partial charge in [-0.05, 0) is 43.7 Å². The number of nitrogens with one attached hydrogen (secondary N) is 2. The summed E-state index contributed by atoms with van der Waals surface area (Å²) in [5, 5.41) is 6.09. The first kappa shape index (κ1) is 20.1. The standard InChI is InChI=1S/C24H22FN5O2/c1-32-20-6-2-4-17(21(20)25)28-24(31)16-9-7-15(8-10-16)22-19-14-26-12-13-30(19)23(29-22)18-5-3-11-27-18/h2,4,6-10,12-14,18,27H,3,5,11H2,1H3,(H,28,31)/t18-/m0/s1. The van der Waals surface area contributed by atoms with Crippen molar-refractivity contribution in [3.05, 3.63) is 78.3 Å². The van der Waals surface area contributed by atoms with E-state index in [0.29, 0.717) is 5.56 Å². The first-order valence-corrected chi connectivity index (χ1v) is 10.5. The van der Waals surface area contributed by atoms with Crippen molar-refractivity contribution in [2.75, 3.05) is 19.0 Å². The Morgan fingerprint density at radius 3 is 2.84 bits per heavy atom. The van der Waals surface area contributed by atoms with Crippen LogP contribution in [0.15, 0.2) is 61.1 Å². The molecule has 1 aliphatic rings. The summed E-state index contributed by atoms with van der Waals surface area (Å²) in [6, 6.07) is 11.9. The van der Waals surface area contributed by atoms with Crippen molar-refractivity contribution < 1.29 is 13.9 Å². The number of fused-ring (bicyclic) bond motifs is 1. The van der Waals surface area contributed by atoms with Crippen molar-refractivity contribution in [3.8, 4) is 17.0 Å². The lowest BCUT2D eigenvalue weighted by molar-refractivity contribution is 0.102. The van der Waals surface area contributed by atoms with Crippen LogP contribution in [0.5, 0.6) is 5.75 Å². The number of rotatable bonds is 5. The fraction of sp³-hybridized carbons (Fsp3) is 0.208. The van der Waals surface area contributed by atoms with Crippen molar-refractivity contribution >= 4 is 17.1 Å². The van der Waals surface area contributed by atoms with Gasteiger partial charge in [0, 0.05) is 23.5 Å². The van der Waals surface area contributed by atoms with E-state index in [2.05, 4.69) is 20.0 Å². The molecule has 1 saturated heterocycles. The molecule has 4 aromatic rings. The molecule has 2 aromatic heterocycles. The number of imidazole rings is 1. The van der Waals surface area contributed by atoms with E-state index in [-0.39, 0.29) is 17.5 Å². The van der Waals surface area contributed by atoms with Crippen LogP contribution in [0.4, 0.5) is 10.1 Å². The molecule has 0 unspecified atom stereocenters. The van der Waals surface area contributed by atoms with Crippen molar-refractivity contribution in [1.82, 2.24) is 19.7 Å². The molecule has 162 valence electrons. The fourth-order valence-corrected chi connectivity index (χ4v) is 4.06. The van der Waals surface area contributed by atoms with E-state index in [4.69, 9.17) is 9.72 Å². The van der Waals surface area contributed by atoms with Gasteiger partial charge < -0.3 is 15.4 Å². The van der Waals surface area contributed by atoms with Crippen LogP contribution in [-0.4, -0.2) is 33.9 Å². The lowest BCUT2D eigenvalue weighted by atomic mass is 10.1. The summed E-state index contributed by atoms with van der Waals surface area (Å²) >= 11 is 0. The molecule has 2 aromatic carbocycles. The summed E-state index contributed by atoms with van der Waals surface area (Å²) in [6.45, 7) is 0.984. The molecule has 7 nitrogen and oxygen atoms in total. The molecule has 0 saturated carbocycles. The highest BCUT2D eigenvalue weighted by molar-refractivity contribution is 6.04. The number of benzene rings is 2. The monoisotopic (exact) mass is 431 g/mol. The molecule has 1 atom stereocenters. The molecule has 1 aliphatic heterocycles. The summed E-state index contributed by atoms with van der Waals surface area (Å²) in [6.07, 6.45) is 7.64. The van der Waals surface area contributed by atoms with Crippen LogP contribution in [0.25, 0.3) is 16.8 Å². The Labute approximate surface area is 184 Å². The van der Waals surface area contributed by atoms with Crippen molar-refractivity contribution in [1.29, 1.82) is 0 Å². The highest BCUT2D eigenvalue weighted by atomic mass is 19.1. The van der Waals surface area contributed by atoms with Crippen molar-refractivity contribution in [2.45, 2.75) is 18.9 Å². The van der Waals surface area contributed by atoms with Crippen molar-refractivity contribution in [3.63, 3.8) is 0 Å². The lowest BCUT2D eigenvalue weighted by Gasteiger charge is -2.09. The number of hydrogen-bond donors (Lipinski definition) is 2. The molecule has 3 heterocycles. The van der Waals surface area contributed by atoms with Crippen LogP contribution < -0.4 is 15.4 Å². The number of ether oxygens (including phenoxy) is 1. The van der Waals surface area contributed by atoms with E-state index < -0.39 is 11.7 Å². The van der Waals surface area contributed by atoms with Crippen molar-refractivity contribution in [2.24, 2.45) is 0 Å². The first-order valence-electron chi connectivity index (χ1n) is 10.5. The van der Waals surface area contributed by atoms with Gasteiger partial charge in [-0.25, -0.2) is 9.37 Å². The molecular weight excluding hydrogens is 409 g/mol. The summed E-state index contributed by atoms with van der Waals surface area (Å²) in [4.78, 5) is 21.8. The molecule has 32 heavy (non-hydrogen) atoms. The number of anilines is 1. The van der Waals surface area contributed by atoms with E-state index in [1.807, 2.05) is 18.3 Å². The maximum Gasteiger partial charge on any atom is 0.255 e. The minimum Gasteiger partial charge on any atom is -0.494 e. The Bertz CT molecular complexity index is 1280. The number of amides is 1. The second kappa shape index (κ2) is 8.39. The largest absolute Gasteiger partial charge is 0.494 e. The van der Waals surface area contributed by atoms with Gasteiger partial charge >= 0.3 is 0 Å². The molecule has 0 aliphatic carbocycles. The zero-order chi connectivity index (χ0) is 22.1. The molecule has 0 spiro atoms. The molecule has 8 heteroatoms. The third-order valence-electron chi connectivity index (χ3n) is 5.70. The SMILES string of the molecule is COc1cccc(NC(=O)c2ccc(-c3nc([C@@H]4CCCN4)n4ccncc34)cc2)c1F. The highest BCUT2D eigenvalue weighted by Crippen LogP contribution is 2.30. The predicted octanol–water partition coefficient (Wildman–Crippen LogP) is 4.22. The fourth-order valence-electron chi connectivity index (χ4n) is 4.06. The van der Waals surface area contributed by atoms with Crippen LogP contribution in [0.3, 0.4) is 0 Å². The summed E-state index contributed by atoms with van der Waals surface area (Å²) in [5.74, 6) is 0.0251. The van der Waals surface area contributed by atoms with Gasteiger partial charge in [0.1, 0.15) is 5.82 Å². The van der Waals surface area contributed by atoms with E-state index in [9.17, 15) is 9.18 Å². The number of hydrogen-bond acceptors (Lipinski definition) is 5. The summed E-state index contributed by atoms with van der Waals surface area (Å²) in [5.41, 5.74) is 3.08. The van der Waals surface area contributed by atoms with Gasteiger partial charge in [-0.3, -0.25) is 14.2 Å². The third kappa shape index (κ3) is 3.58. The van der Waals surface area contributed by atoms with E-state index in [1.165, 1.54) is 19.2 Å². The minimum absolute atomic E-state index is 0.0679. The van der Waals surface area contributed by atoms with Gasteiger partial charge in [0.15, 0.2) is 11.6 Å². The Kier molecular flexibility index (Phi) is 5.28. The van der Waals surface area contributed by atoms with Crippen LogP contribution in [0, 0.1) is 5.82 Å². The maximum absolute atomic E-state index is 14.4. The highest BCUT2D eigenvalue weighted by Gasteiger charge is 2.23. The summed E-state index contributed by atoms with van der Waals surface area (Å²) in [7, 11) is 1.38. The van der Waals surface area contributed by atoms with Crippen LogP contribution in [-0.2, 0) is 0 Å². The predicted molar refractivity (Wildman–Crippen MR) is 119 cm³/mol. The number of carbonyl (C=O) groups is 1. The molecular formula is C24H22FN5O2. The minimum atomic E-state index is -0.606. The Balaban J connectivity index is 1.43. The van der Waals surface area contributed by atoms with Gasteiger partial charge in [0.05, 0.1) is 36.2 Å². The number of aromatic nitrogens is 3. The third-order valence-corrected chi connectivity index (χ3v) is 5.70. The van der Waals surface area contributed by atoms with Gasteiger partial charge in [0.2, 0.25) is 0 Å². The maximum atomic E-state index is 14.4. The summed E-state index contributed by atoms with van der Waals surface area (Å²) < 4.78 is 21.4. The Morgan fingerprint density at radius 1 is 1.25 bits per heavy atom. The van der Waals surface area contributed by atoms with Gasteiger partial charge in [-0.2, -0.15) is 0 Å². The van der Waals surface area contributed by atoms with Crippen LogP contribution in [0.1, 0.15) is 35.1 Å². The Hall–Kier alpha value is -3.78. The van der Waals surface area contributed by atoms with E-state index in [0.717, 1.165) is 42.0 Å². The zero-order valence-electron chi connectivity index (χ0n) is 17.5. The second-order valence-electron chi connectivity index (χ2n) is 7.65. The molecule has 1 amide bonds. The molecule has 0 bridgehead atoms. The van der Waals surface area contributed by atoms with Gasteiger partial charge in [-0.1, -0.05) is 18.2 Å². The topological polar surface area (TPSA) is 80.5 Å².